The van der Waals surface area contributed by atoms with E-state index in [1.54, 1.807) is 25.1 Å². The minimum Gasteiger partial charge on any atom is -0.508 e. The lowest BCUT2D eigenvalue weighted by Gasteiger charge is -2.33. The third-order valence-corrected chi connectivity index (χ3v) is 4.49. The van der Waals surface area contributed by atoms with E-state index in [9.17, 15) is 14.7 Å². The molecule has 2 bridgehead atoms. The number of carbonyl (C=O) groups excluding carboxylic acids is 2. The molecule has 2 saturated heterocycles. The lowest BCUT2D eigenvalue weighted by molar-refractivity contribution is -0.160. The largest absolute Gasteiger partial charge is 0.508 e. The fraction of sp³-hybridized carbons (Fsp3) is 0.500. The van der Waals surface area contributed by atoms with Crippen LogP contribution in [0, 0.1) is 0 Å². The van der Waals surface area contributed by atoms with E-state index in [1.807, 2.05) is 6.92 Å². The normalized spacial score (nSPS) is 32.7. The minimum absolute atomic E-state index is 0.0850. The van der Waals surface area contributed by atoms with E-state index in [4.69, 9.17) is 4.74 Å². The average Bonchev–Trinajstić information content (AvgIpc) is 2.79. The molecule has 0 aromatic heterocycles. The summed E-state index contributed by atoms with van der Waals surface area (Å²) in [5.41, 5.74) is 0.725. The second-order valence-electron chi connectivity index (χ2n) is 5.81. The van der Waals surface area contributed by atoms with Crippen molar-refractivity contribution >= 4 is 11.6 Å². The van der Waals surface area contributed by atoms with E-state index >= 15 is 0 Å². The van der Waals surface area contributed by atoms with Gasteiger partial charge in [-0.3, -0.25) is 9.59 Å². The van der Waals surface area contributed by atoms with Crippen LogP contribution in [0.15, 0.2) is 18.2 Å². The highest BCUT2D eigenvalue weighted by Gasteiger charge is 2.55. The Morgan fingerprint density at radius 1 is 1.40 bits per heavy atom. The molecular weight excluding hydrogens is 256 g/mol. The van der Waals surface area contributed by atoms with Crippen molar-refractivity contribution < 1.29 is 19.4 Å². The molecule has 4 heteroatoms. The number of phenols is 1. The number of hydrogen-bond donors (Lipinski definition) is 1. The van der Waals surface area contributed by atoms with Crippen LogP contribution in [0.3, 0.4) is 0 Å². The maximum Gasteiger partial charge on any atom is 0.179 e. The van der Waals surface area contributed by atoms with Crippen molar-refractivity contribution in [1.29, 1.82) is 0 Å². The molecule has 4 nitrogen and oxygen atoms in total. The second kappa shape index (κ2) is 4.42. The number of rotatable bonds is 2. The molecule has 1 aromatic carbocycles. The zero-order valence-electron chi connectivity index (χ0n) is 11.7. The average molecular weight is 274 g/mol. The molecule has 2 heterocycles. The predicted octanol–water partition coefficient (Wildman–Crippen LogP) is 2.13. The summed E-state index contributed by atoms with van der Waals surface area (Å²) in [6, 6.07) is 4.92. The number of phenolic OH excluding ortho intramolecular Hbond substituents is 1. The first-order chi connectivity index (χ1) is 9.46. The molecule has 0 amide bonds. The van der Waals surface area contributed by atoms with E-state index in [0.29, 0.717) is 18.4 Å². The summed E-state index contributed by atoms with van der Waals surface area (Å²) in [6.45, 7) is 3.74. The molecule has 0 saturated carbocycles. The number of Topliss-reactive ketones (excluding diaryl/α,β-unsaturated/α-hetero) is 2. The van der Waals surface area contributed by atoms with Crippen LogP contribution in [-0.4, -0.2) is 28.4 Å². The first-order valence-electron chi connectivity index (χ1n) is 7.04. The molecule has 3 atom stereocenters. The van der Waals surface area contributed by atoms with Gasteiger partial charge in [-0.1, -0.05) is 13.0 Å². The molecule has 106 valence electrons. The van der Waals surface area contributed by atoms with Gasteiger partial charge < -0.3 is 9.84 Å². The molecule has 2 aliphatic rings. The Morgan fingerprint density at radius 2 is 2.15 bits per heavy atom. The van der Waals surface area contributed by atoms with Gasteiger partial charge in [-0.2, -0.15) is 0 Å². The van der Waals surface area contributed by atoms with Gasteiger partial charge in [0, 0.05) is 0 Å². The van der Waals surface area contributed by atoms with Crippen molar-refractivity contribution in [3.05, 3.63) is 29.3 Å². The second-order valence-corrected chi connectivity index (χ2v) is 5.81. The van der Waals surface area contributed by atoms with Crippen LogP contribution in [0.25, 0.3) is 0 Å². The number of carbonyl (C=O) groups is 2. The van der Waals surface area contributed by atoms with Gasteiger partial charge in [-0.05, 0) is 49.4 Å². The Hall–Kier alpha value is -1.68. The highest BCUT2D eigenvalue weighted by molar-refractivity contribution is 6.15. The van der Waals surface area contributed by atoms with E-state index in [0.717, 1.165) is 12.0 Å². The number of aromatic hydroxyl groups is 1. The van der Waals surface area contributed by atoms with Crippen LogP contribution in [0.1, 0.15) is 43.7 Å². The zero-order valence-corrected chi connectivity index (χ0v) is 11.7. The summed E-state index contributed by atoms with van der Waals surface area (Å²) in [6.07, 6.45) is 1.45. The molecule has 0 radical (unpaired) electrons. The first kappa shape index (κ1) is 13.3. The van der Waals surface area contributed by atoms with Gasteiger partial charge in [0.15, 0.2) is 11.6 Å². The molecule has 0 aliphatic carbocycles. The lowest BCUT2D eigenvalue weighted by Crippen LogP contribution is -2.49. The number of hydrogen-bond acceptors (Lipinski definition) is 4. The molecule has 20 heavy (non-hydrogen) atoms. The Morgan fingerprint density at radius 3 is 2.85 bits per heavy atom. The summed E-state index contributed by atoms with van der Waals surface area (Å²) in [7, 11) is 0. The van der Waals surface area contributed by atoms with E-state index in [1.165, 1.54) is 0 Å². The number of fused-ring (bicyclic) bond motifs is 2. The third kappa shape index (κ3) is 1.79. The fourth-order valence-electron chi connectivity index (χ4n) is 3.31. The van der Waals surface area contributed by atoms with Crippen molar-refractivity contribution in [2.45, 2.75) is 50.7 Å². The van der Waals surface area contributed by atoms with Gasteiger partial charge in [-0.25, -0.2) is 0 Å². The van der Waals surface area contributed by atoms with Gasteiger partial charge >= 0.3 is 0 Å². The van der Waals surface area contributed by atoms with Crippen molar-refractivity contribution in [2.24, 2.45) is 0 Å². The third-order valence-electron chi connectivity index (χ3n) is 4.49. The van der Waals surface area contributed by atoms with Crippen molar-refractivity contribution in [2.75, 3.05) is 0 Å². The number of ether oxygens (including phenoxy) is 1. The molecule has 1 aromatic rings. The van der Waals surface area contributed by atoms with Crippen LogP contribution in [0.2, 0.25) is 0 Å². The first-order valence-corrected chi connectivity index (χ1v) is 7.04. The van der Waals surface area contributed by atoms with Gasteiger partial charge in [0.05, 0.1) is 0 Å². The number of benzene rings is 1. The van der Waals surface area contributed by atoms with Crippen molar-refractivity contribution in [3.63, 3.8) is 0 Å². The Balaban J connectivity index is 2.11. The lowest BCUT2D eigenvalue weighted by atomic mass is 9.79. The molecule has 2 aliphatic heterocycles. The van der Waals surface area contributed by atoms with Gasteiger partial charge in [0.1, 0.15) is 23.4 Å². The molecule has 0 spiro atoms. The van der Waals surface area contributed by atoms with Crippen LogP contribution in [0.5, 0.6) is 5.75 Å². The quantitative estimate of drug-likeness (QED) is 0.839. The van der Waals surface area contributed by atoms with E-state index in [2.05, 4.69) is 0 Å². The van der Waals surface area contributed by atoms with Crippen LogP contribution < -0.4 is 0 Å². The summed E-state index contributed by atoms with van der Waals surface area (Å²) < 4.78 is 5.60. The molecule has 3 unspecified atom stereocenters. The monoisotopic (exact) mass is 274 g/mol. The molecule has 3 rings (SSSR count). The van der Waals surface area contributed by atoms with Crippen molar-refractivity contribution in [3.8, 4) is 5.75 Å². The predicted molar refractivity (Wildman–Crippen MR) is 72.8 cm³/mol. The van der Waals surface area contributed by atoms with Gasteiger partial charge in [-0.15, -0.1) is 0 Å². The molecule has 1 N–H and O–H groups in total. The Kier molecular flexibility index (Phi) is 2.94. The highest BCUT2D eigenvalue weighted by Crippen LogP contribution is 2.44. The number of ketones is 2. The highest BCUT2D eigenvalue weighted by atomic mass is 16.5. The smallest absolute Gasteiger partial charge is 0.179 e. The Labute approximate surface area is 117 Å². The Bertz CT molecular complexity index is 592. The zero-order chi connectivity index (χ0) is 14.5. The maximum atomic E-state index is 12.7. The standard InChI is InChI=1S/C16H18O4/c1-3-9-4-5-10(17)8-11(9)13-14(18)12-6-7-16(2,20-12)15(13)19/h4-5,8,12-13,17H,3,6-7H2,1-2H3. The van der Waals surface area contributed by atoms with Crippen LogP contribution >= 0.6 is 0 Å². The summed E-state index contributed by atoms with van der Waals surface area (Å²) in [5.74, 6) is -1.04. The molecular formula is C16H18O4. The number of aryl methyl sites for hydroxylation is 1. The summed E-state index contributed by atoms with van der Waals surface area (Å²) in [4.78, 5) is 25.2. The van der Waals surface area contributed by atoms with Crippen molar-refractivity contribution in [1.82, 2.24) is 0 Å². The maximum absolute atomic E-state index is 12.7. The molecule has 2 fully saturated rings. The minimum atomic E-state index is -0.848. The van der Waals surface area contributed by atoms with Gasteiger partial charge in [0.25, 0.3) is 0 Å². The SMILES string of the molecule is CCc1ccc(O)cc1C1C(=O)C2CCC(C)(O2)C1=O. The van der Waals surface area contributed by atoms with E-state index in [-0.39, 0.29) is 17.3 Å². The van der Waals surface area contributed by atoms with Crippen LogP contribution in [0.4, 0.5) is 0 Å². The summed E-state index contributed by atoms with van der Waals surface area (Å²) in [5, 5.41) is 9.69. The van der Waals surface area contributed by atoms with Gasteiger partial charge in [0.2, 0.25) is 0 Å². The van der Waals surface area contributed by atoms with E-state index < -0.39 is 17.6 Å². The topological polar surface area (TPSA) is 63.6 Å². The summed E-state index contributed by atoms with van der Waals surface area (Å²) >= 11 is 0. The fourth-order valence-corrected chi connectivity index (χ4v) is 3.31. The van der Waals surface area contributed by atoms with Crippen LogP contribution in [-0.2, 0) is 20.7 Å².